The van der Waals surface area contributed by atoms with Crippen molar-refractivity contribution >= 4 is 21.9 Å². The molecule has 0 aliphatic carbocycles. The van der Waals surface area contributed by atoms with Gasteiger partial charge in [0.2, 0.25) is 0 Å². The van der Waals surface area contributed by atoms with E-state index < -0.39 is 16.6 Å². The molecule has 1 N–H and O–H groups in total. The molecule has 0 bridgehead atoms. The molecule has 1 saturated heterocycles. The van der Waals surface area contributed by atoms with Gasteiger partial charge in [0.15, 0.2) is 5.03 Å². The molecule has 2 atom stereocenters. The molecule has 4 aromatic rings. The van der Waals surface area contributed by atoms with Gasteiger partial charge < -0.3 is 5.11 Å². The van der Waals surface area contributed by atoms with E-state index in [4.69, 9.17) is 0 Å². The number of aromatic nitrogens is 5. The van der Waals surface area contributed by atoms with Crippen molar-refractivity contribution in [2.75, 3.05) is 26.2 Å². The zero-order valence-corrected chi connectivity index (χ0v) is 21.6. The van der Waals surface area contributed by atoms with E-state index in [1.54, 1.807) is 43.9 Å². The van der Waals surface area contributed by atoms with Crippen molar-refractivity contribution in [2.24, 2.45) is 7.05 Å². The van der Waals surface area contributed by atoms with Crippen LogP contribution in [0.2, 0.25) is 0 Å². The quantitative estimate of drug-likeness (QED) is 0.428. The molecule has 3 heterocycles. The van der Waals surface area contributed by atoms with Gasteiger partial charge in [-0.15, -0.1) is 5.10 Å². The van der Waals surface area contributed by atoms with Crippen LogP contribution in [-0.2, 0) is 18.0 Å². The highest BCUT2D eigenvalue weighted by atomic mass is 32.2. The molecule has 11 heteroatoms. The number of fused-ring (bicyclic) bond motifs is 1. The van der Waals surface area contributed by atoms with Crippen molar-refractivity contribution < 1.29 is 13.7 Å². The lowest BCUT2D eigenvalue weighted by Gasteiger charge is -2.43. The van der Waals surface area contributed by atoms with Gasteiger partial charge in [0.25, 0.3) is 0 Å². The van der Waals surface area contributed by atoms with Gasteiger partial charge in [-0.2, -0.15) is 15.0 Å². The molecule has 1 aliphatic heterocycles. The second-order valence-corrected chi connectivity index (χ2v) is 11.3. The van der Waals surface area contributed by atoms with Crippen LogP contribution in [0.25, 0.3) is 16.6 Å². The minimum atomic E-state index is -1.44. The Balaban J connectivity index is 1.51. The minimum absolute atomic E-state index is 0.0932. The first-order chi connectivity index (χ1) is 17.1. The zero-order chi connectivity index (χ0) is 25.6. The summed E-state index contributed by atoms with van der Waals surface area (Å²) in [6.07, 6.45) is 3.34. The summed E-state index contributed by atoms with van der Waals surface area (Å²) in [6, 6.07) is 10.4. The molecule has 2 aromatic carbocycles. The Morgan fingerprint density at radius 3 is 2.56 bits per heavy atom. The van der Waals surface area contributed by atoms with E-state index in [0.717, 1.165) is 27.7 Å². The van der Waals surface area contributed by atoms with Gasteiger partial charge in [-0.25, -0.2) is 17.6 Å². The molecule has 9 nitrogen and oxygen atoms in total. The molecule has 36 heavy (non-hydrogen) atoms. The van der Waals surface area contributed by atoms with Gasteiger partial charge >= 0.3 is 0 Å². The lowest BCUT2D eigenvalue weighted by molar-refractivity contribution is 0.00391. The number of nitrogens with zero attached hydrogens (tertiary/aromatic N) is 7. The highest BCUT2D eigenvalue weighted by Gasteiger charge is 2.35. The van der Waals surface area contributed by atoms with Crippen molar-refractivity contribution in [3.63, 3.8) is 0 Å². The largest absolute Gasteiger partial charge is 0.389 e. The second kappa shape index (κ2) is 9.47. The smallest absolute Gasteiger partial charge is 0.185 e. The molecule has 5 rings (SSSR count). The fraction of sp³-hybridized carbons (Fsp3) is 0.400. The van der Waals surface area contributed by atoms with Crippen LogP contribution >= 0.6 is 0 Å². The first-order valence-corrected chi connectivity index (χ1v) is 12.9. The van der Waals surface area contributed by atoms with Gasteiger partial charge in [0.05, 0.1) is 29.2 Å². The van der Waals surface area contributed by atoms with Crippen LogP contribution in [-0.4, -0.2) is 75.1 Å². The van der Waals surface area contributed by atoms with Crippen LogP contribution in [0, 0.1) is 12.7 Å². The first-order valence-electron chi connectivity index (χ1n) is 11.8. The number of piperazine rings is 1. The van der Waals surface area contributed by atoms with Crippen LogP contribution < -0.4 is 0 Å². The molecule has 2 aromatic heterocycles. The average molecular weight is 512 g/mol. The Labute approximate surface area is 211 Å². The van der Waals surface area contributed by atoms with E-state index in [1.807, 2.05) is 4.31 Å². The number of aryl methyl sites for hydroxylation is 2. The summed E-state index contributed by atoms with van der Waals surface area (Å²) in [5.41, 5.74) is 2.98. The van der Waals surface area contributed by atoms with Crippen LogP contribution in [0.15, 0.2) is 53.8 Å². The molecule has 0 radical (unpaired) electrons. The van der Waals surface area contributed by atoms with Crippen LogP contribution in [0.3, 0.4) is 0 Å². The number of hydrogen-bond acceptors (Lipinski definition) is 6. The van der Waals surface area contributed by atoms with Crippen LogP contribution in [0.1, 0.15) is 31.0 Å². The van der Waals surface area contributed by atoms with Gasteiger partial charge in [-0.05, 0) is 68.3 Å². The Bertz CT molecular complexity index is 1410. The van der Waals surface area contributed by atoms with E-state index in [9.17, 15) is 13.7 Å². The molecule has 0 amide bonds. The van der Waals surface area contributed by atoms with Gasteiger partial charge in [-0.1, -0.05) is 0 Å². The van der Waals surface area contributed by atoms with Crippen LogP contribution in [0.4, 0.5) is 4.39 Å². The topological polar surface area (TPSA) is 92.3 Å². The number of halogens is 1. The van der Waals surface area contributed by atoms with E-state index >= 15 is 0 Å². The number of hydrogen-bond donors (Lipinski definition) is 1. The predicted molar refractivity (Wildman–Crippen MR) is 135 cm³/mol. The van der Waals surface area contributed by atoms with Crippen molar-refractivity contribution in [3.05, 3.63) is 65.7 Å². The molecule has 2 unspecified atom stereocenters. The van der Waals surface area contributed by atoms with Gasteiger partial charge in [-0.3, -0.25) is 4.90 Å². The molecule has 0 saturated carbocycles. The van der Waals surface area contributed by atoms with Crippen molar-refractivity contribution in [1.82, 2.24) is 34.0 Å². The number of aliphatic hydroxyl groups is 1. The van der Waals surface area contributed by atoms with Gasteiger partial charge in [0, 0.05) is 44.7 Å². The summed E-state index contributed by atoms with van der Waals surface area (Å²) in [5.74, 6) is -0.290. The van der Waals surface area contributed by atoms with Gasteiger partial charge in [0.1, 0.15) is 16.8 Å². The fourth-order valence-corrected chi connectivity index (χ4v) is 5.92. The summed E-state index contributed by atoms with van der Waals surface area (Å²) in [5, 5.41) is 24.8. The highest BCUT2D eigenvalue weighted by molar-refractivity contribution is 7.82. The fourth-order valence-electron chi connectivity index (χ4n) is 4.81. The van der Waals surface area contributed by atoms with Crippen molar-refractivity contribution in [3.8, 4) is 5.69 Å². The summed E-state index contributed by atoms with van der Waals surface area (Å²) < 4.78 is 30.4. The van der Waals surface area contributed by atoms with E-state index in [0.29, 0.717) is 31.2 Å². The van der Waals surface area contributed by atoms with E-state index in [-0.39, 0.29) is 11.9 Å². The van der Waals surface area contributed by atoms with E-state index in [2.05, 4.69) is 39.3 Å². The Hall–Kier alpha value is -2.99. The lowest BCUT2D eigenvalue weighted by atomic mass is 9.95. The molecule has 0 spiro atoms. The Kier molecular flexibility index (Phi) is 6.50. The number of β-amino-alcohol motifs (C(OH)–C–C–N with tert-alkyl or cyclic N) is 1. The molecular weight excluding hydrogens is 481 g/mol. The average Bonchev–Trinajstić information content (AvgIpc) is 3.44. The monoisotopic (exact) mass is 511 g/mol. The maximum atomic E-state index is 13.4. The summed E-state index contributed by atoms with van der Waals surface area (Å²) >= 11 is 0. The molecule has 1 fully saturated rings. The molecule has 1 aliphatic rings. The maximum Gasteiger partial charge on any atom is 0.185 e. The van der Waals surface area contributed by atoms with E-state index in [1.165, 1.54) is 23.1 Å². The molecular formula is C25H30FN7O2S. The number of rotatable bonds is 6. The third-order valence-electron chi connectivity index (χ3n) is 6.42. The highest BCUT2D eigenvalue weighted by Crippen LogP contribution is 2.33. The SMILES string of the molecule is Cc1cc2c(cnn2-c2ccc(F)cc2)cc1C1CN(S(=O)c2cnn(C)n2)CCN1CC(C)(C)O. The predicted octanol–water partition coefficient (Wildman–Crippen LogP) is 2.75. The third-order valence-corrected chi connectivity index (χ3v) is 7.77. The molecule has 190 valence electrons. The zero-order valence-electron chi connectivity index (χ0n) is 20.8. The van der Waals surface area contributed by atoms with Crippen LogP contribution in [0.5, 0.6) is 0 Å². The summed E-state index contributed by atoms with van der Waals surface area (Å²) in [4.78, 5) is 3.66. The summed E-state index contributed by atoms with van der Waals surface area (Å²) in [6.45, 7) is 7.88. The minimum Gasteiger partial charge on any atom is -0.389 e. The summed E-state index contributed by atoms with van der Waals surface area (Å²) in [7, 11) is 0.268. The first kappa shape index (κ1) is 24.7. The van der Waals surface area contributed by atoms with Crippen molar-refractivity contribution in [2.45, 2.75) is 37.4 Å². The second-order valence-electron chi connectivity index (χ2n) is 9.91. The maximum absolute atomic E-state index is 13.4. The third kappa shape index (κ3) is 4.96. The Morgan fingerprint density at radius 2 is 1.89 bits per heavy atom. The lowest BCUT2D eigenvalue weighted by Crippen LogP contribution is -2.52. The van der Waals surface area contributed by atoms with Crippen molar-refractivity contribution in [1.29, 1.82) is 0 Å². The Morgan fingerprint density at radius 1 is 1.14 bits per heavy atom. The standard InChI is InChI=1S/C25H30FN7O2S/c1-17-11-22-18(13-28-33(22)20-7-5-19(26)6-8-20)12-21(17)23-15-32(10-9-31(23)16-25(2,3)34)36(35)24-14-27-30(4)29-24/h5-8,11-14,23,34H,9-10,15-16H2,1-4H3. The normalized spacial score (nSPS) is 18.7. The number of benzene rings is 2.